The molecule has 0 unspecified atom stereocenters. The van der Waals surface area contributed by atoms with Crippen LogP contribution in [-0.4, -0.2) is 44.4 Å². The predicted octanol–water partition coefficient (Wildman–Crippen LogP) is -1.69. The summed E-state index contributed by atoms with van der Waals surface area (Å²) in [6.07, 6.45) is 3.51. The third-order valence-corrected chi connectivity index (χ3v) is 4.06. The number of allylic oxidation sites excluding steroid dienone is 1. The molecule has 1 aromatic rings. The van der Waals surface area contributed by atoms with Gasteiger partial charge in [-0.1, -0.05) is 19.7 Å². The summed E-state index contributed by atoms with van der Waals surface area (Å²) in [6.45, 7) is 9.44. The average molecular weight is 419 g/mol. The largest absolute Gasteiger partial charge is 0.351 e. The van der Waals surface area contributed by atoms with Crippen LogP contribution in [0.4, 0.5) is 0 Å². The van der Waals surface area contributed by atoms with E-state index >= 15 is 0 Å². The maximum atomic E-state index is 12.7. The normalized spacial score (nSPS) is 10.1. The van der Waals surface area contributed by atoms with Crippen LogP contribution in [0.2, 0.25) is 0 Å². The fraction of sp³-hybridized carbons (Fsp3) is 0.368. The number of carbonyl (C=O) groups excluding carboxylic acids is 3. The lowest BCUT2D eigenvalue weighted by molar-refractivity contribution is -0.117. The number of nitrogens with zero attached hydrogens (tertiary/aromatic N) is 3. The number of amides is 2. The highest BCUT2D eigenvalue weighted by Crippen LogP contribution is 1.93. The summed E-state index contributed by atoms with van der Waals surface area (Å²) >= 11 is 0. The van der Waals surface area contributed by atoms with E-state index in [9.17, 15) is 28.8 Å². The molecule has 2 N–H and O–H groups in total. The lowest BCUT2D eigenvalue weighted by Crippen LogP contribution is -2.56. The molecule has 0 aromatic carbocycles. The highest BCUT2D eigenvalue weighted by molar-refractivity contribution is 5.89. The van der Waals surface area contributed by atoms with Crippen LogP contribution >= 0.6 is 0 Å². The summed E-state index contributed by atoms with van der Waals surface area (Å²) in [5.41, 5.74) is -2.57. The average Bonchev–Trinajstić information content (AvgIpc) is 2.74. The smallest absolute Gasteiger partial charge is 0.336 e. The zero-order valence-electron chi connectivity index (χ0n) is 16.6. The molecular weight excluding hydrogens is 394 g/mol. The third kappa shape index (κ3) is 6.69. The Kier molecular flexibility index (Phi) is 9.66. The molecule has 1 heterocycles. The molecule has 30 heavy (non-hydrogen) atoms. The van der Waals surface area contributed by atoms with Crippen LogP contribution in [0.5, 0.6) is 0 Å². The Balaban J connectivity index is 3.24. The minimum Gasteiger partial charge on any atom is -0.351 e. The molecule has 0 aliphatic rings. The summed E-state index contributed by atoms with van der Waals surface area (Å²) in [7, 11) is 0. The Morgan fingerprint density at radius 2 is 1.10 bits per heavy atom. The second kappa shape index (κ2) is 11.9. The van der Waals surface area contributed by atoms with Crippen molar-refractivity contribution in [3.63, 3.8) is 0 Å². The van der Waals surface area contributed by atoms with E-state index in [0.717, 1.165) is 31.9 Å². The van der Waals surface area contributed by atoms with Crippen molar-refractivity contribution in [2.75, 3.05) is 13.1 Å². The Morgan fingerprint density at radius 1 is 0.700 bits per heavy atom. The molecule has 0 aliphatic carbocycles. The van der Waals surface area contributed by atoms with Crippen LogP contribution in [0.25, 0.3) is 0 Å². The molecule has 11 nitrogen and oxygen atoms in total. The van der Waals surface area contributed by atoms with E-state index < -0.39 is 28.9 Å². The summed E-state index contributed by atoms with van der Waals surface area (Å²) in [6, 6.07) is 0. The minimum absolute atomic E-state index is 0.0413. The second-order valence-electron chi connectivity index (χ2n) is 6.07. The van der Waals surface area contributed by atoms with Crippen molar-refractivity contribution >= 4 is 17.6 Å². The van der Waals surface area contributed by atoms with Crippen molar-refractivity contribution in [3.8, 4) is 0 Å². The maximum absolute atomic E-state index is 12.7. The molecule has 0 atom stereocenters. The van der Waals surface area contributed by atoms with Gasteiger partial charge in [0.2, 0.25) is 11.8 Å². The lowest BCUT2D eigenvalue weighted by atomic mass is 10.2. The number of ketones is 1. The molecule has 0 bridgehead atoms. The zero-order chi connectivity index (χ0) is 22.7. The van der Waals surface area contributed by atoms with E-state index in [4.69, 9.17) is 0 Å². The first kappa shape index (κ1) is 24.3. The van der Waals surface area contributed by atoms with Crippen molar-refractivity contribution in [3.05, 3.63) is 69.4 Å². The minimum atomic E-state index is -0.871. The summed E-state index contributed by atoms with van der Waals surface area (Å²) in [5, 5.41) is 4.89. The van der Waals surface area contributed by atoms with Crippen molar-refractivity contribution in [1.82, 2.24) is 24.3 Å². The SMILES string of the molecule is C=CC(=O)CCCn1c(=O)n(CCNC(=O)C=C)c(=O)n(CCNC(=O)C=C)c1=O. The number of nitrogens with one attached hydrogen (secondary N) is 2. The fourth-order valence-corrected chi connectivity index (χ4v) is 2.50. The lowest BCUT2D eigenvalue weighted by Gasteiger charge is -2.14. The Morgan fingerprint density at radius 3 is 1.47 bits per heavy atom. The van der Waals surface area contributed by atoms with Crippen LogP contribution in [-0.2, 0) is 34.0 Å². The molecule has 0 aliphatic heterocycles. The summed E-state index contributed by atoms with van der Waals surface area (Å²) in [5.74, 6) is -1.20. The molecule has 1 rings (SSSR count). The molecule has 162 valence electrons. The van der Waals surface area contributed by atoms with Gasteiger partial charge in [-0.2, -0.15) is 0 Å². The van der Waals surface area contributed by atoms with Crippen LogP contribution < -0.4 is 27.7 Å². The van der Waals surface area contributed by atoms with E-state index in [1.165, 1.54) is 0 Å². The Hall–Kier alpha value is -3.76. The van der Waals surface area contributed by atoms with Crippen molar-refractivity contribution in [2.24, 2.45) is 0 Å². The van der Waals surface area contributed by atoms with Crippen molar-refractivity contribution in [1.29, 1.82) is 0 Å². The number of rotatable bonds is 13. The van der Waals surface area contributed by atoms with Gasteiger partial charge in [-0.05, 0) is 24.6 Å². The van der Waals surface area contributed by atoms with Gasteiger partial charge in [-0.3, -0.25) is 14.4 Å². The van der Waals surface area contributed by atoms with E-state index in [-0.39, 0.29) is 51.3 Å². The molecule has 1 aromatic heterocycles. The fourth-order valence-electron chi connectivity index (χ4n) is 2.50. The van der Waals surface area contributed by atoms with Gasteiger partial charge in [0.15, 0.2) is 5.78 Å². The van der Waals surface area contributed by atoms with Gasteiger partial charge >= 0.3 is 17.1 Å². The summed E-state index contributed by atoms with van der Waals surface area (Å²) in [4.78, 5) is 72.0. The number of hydrogen-bond donors (Lipinski definition) is 2. The molecule has 0 saturated carbocycles. The van der Waals surface area contributed by atoms with Crippen LogP contribution in [0, 0.1) is 0 Å². The third-order valence-electron chi connectivity index (χ3n) is 4.06. The Bertz CT molecular complexity index is 855. The van der Waals surface area contributed by atoms with Gasteiger partial charge in [0, 0.05) is 39.1 Å². The van der Waals surface area contributed by atoms with Gasteiger partial charge in [0.25, 0.3) is 0 Å². The number of carbonyl (C=O) groups is 3. The van der Waals surface area contributed by atoms with Crippen LogP contribution in [0.3, 0.4) is 0 Å². The highest BCUT2D eigenvalue weighted by atomic mass is 16.2. The predicted molar refractivity (Wildman–Crippen MR) is 110 cm³/mol. The number of hydrogen-bond acceptors (Lipinski definition) is 6. The van der Waals surface area contributed by atoms with E-state index in [1.807, 2.05) is 0 Å². The summed E-state index contributed by atoms with van der Waals surface area (Å²) < 4.78 is 2.48. The van der Waals surface area contributed by atoms with Crippen LogP contribution in [0.1, 0.15) is 12.8 Å². The monoisotopic (exact) mass is 419 g/mol. The quantitative estimate of drug-likeness (QED) is 0.366. The maximum Gasteiger partial charge on any atom is 0.336 e. The molecule has 11 heteroatoms. The first-order valence-corrected chi connectivity index (χ1v) is 9.17. The first-order valence-electron chi connectivity index (χ1n) is 9.17. The van der Waals surface area contributed by atoms with Gasteiger partial charge in [0.1, 0.15) is 0 Å². The Labute approximate surface area is 172 Å². The van der Waals surface area contributed by atoms with Gasteiger partial charge in [-0.25, -0.2) is 28.1 Å². The molecule has 0 saturated heterocycles. The van der Waals surface area contributed by atoms with E-state index in [1.54, 1.807) is 0 Å². The standard InChI is InChI=1S/C19H25N5O6/c1-4-14(25)8-7-11-22-17(28)23(12-9-20-15(26)5-2)19(30)24(18(22)29)13-10-21-16(27)6-3/h4-6H,1-3,7-13H2,(H,20,26)(H,21,27). The van der Waals surface area contributed by atoms with E-state index in [0.29, 0.717) is 0 Å². The second-order valence-corrected chi connectivity index (χ2v) is 6.07. The zero-order valence-corrected chi connectivity index (χ0v) is 16.6. The van der Waals surface area contributed by atoms with Gasteiger partial charge in [0.05, 0.1) is 0 Å². The topological polar surface area (TPSA) is 141 Å². The van der Waals surface area contributed by atoms with Crippen molar-refractivity contribution in [2.45, 2.75) is 32.5 Å². The molecular formula is C19H25N5O6. The molecule has 2 amide bonds. The van der Waals surface area contributed by atoms with Crippen LogP contribution in [0.15, 0.2) is 52.3 Å². The molecule has 0 spiro atoms. The van der Waals surface area contributed by atoms with Gasteiger partial charge < -0.3 is 10.6 Å². The highest BCUT2D eigenvalue weighted by Gasteiger charge is 2.15. The van der Waals surface area contributed by atoms with E-state index in [2.05, 4.69) is 30.4 Å². The number of aromatic nitrogens is 3. The molecule has 0 fully saturated rings. The first-order chi connectivity index (χ1) is 14.3. The van der Waals surface area contributed by atoms with Crippen molar-refractivity contribution < 1.29 is 14.4 Å². The molecule has 0 radical (unpaired) electrons. The van der Waals surface area contributed by atoms with Gasteiger partial charge in [-0.15, -0.1) is 0 Å².